The lowest BCUT2D eigenvalue weighted by atomic mass is 9.98. The molecule has 3 aliphatic heterocycles. The lowest BCUT2D eigenvalue weighted by Crippen LogP contribution is -2.55. The summed E-state index contributed by atoms with van der Waals surface area (Å²) in [7, 11) is 3.95. The molecule has 2 aromatic rings. The summed E-state index contributed by atoms with van der Waals surface area (Å²) < 4.78 is 6.05. The molecule has 4 heterocycles. The highest BCUT2D eigenvalue weighted by atomic mass is 16.5. The number of piperazine rings is 1. The SMILES string of the molecule is CCC1C(=O)N(C)c2cnc(Nc3ccc(C(=O)NC[C@H](O)CN4CCN(C)CC4)c4c3OCC4)c(C)c2N1C1CCCC1. The molecule has 3 N–H and O–H groups in total. The molecule has 0 bridgehead atoms. The number of carbonyl (C=O) groups excluding carboxylic acids is 2. The molecule has 238 valence electrons. The summed E-state index contributed by atoms with van der Waals surface area (Å²) >= 11 is 0. The number of hydrogen-bond acceptors (Lipinski definition) is 9. The van der Waals surface area contributed by atoms with Crippen molar-refractivity contribution in [2.75, 3.05) is 75.1 Å². The number of amides is 2. The van der Waals surface area contributed by atoms with Crippen molar-refractivity contribution in [3.05, 3.63) is 35.0 Å². The average molecular weight is 606 g/mol. The zero-order valence-corrected chi connectivity index (χ0v) is 26.6. The second kappa shape index (κ2) is 12.9. The molecule has 1 saturated carbocycles. The van der Waals surface area contributed by atoms with Crippen LogP contribution >= 0.6 is 0 Å². The maximum atomic E-state index is 13.3. The van der Waals surface area contributed by atoms with Crippen LogP contribution in [-0.4, -0.2) is 110 Å². The highest BCUT2D eigenvalue weighted by molar-refractivity contribution is 6.06. The van der Waals surface area contributed by atoms with E-state index in [1.807, 2.05) is 19.2 Å². The summed E-state index contributed by atoms with van der Waals surface area (Å²) in [6, 6.07) is 3.86. The summed E-state index contributed by atoms with van der Waals surface area (Å²) in [5, 5.41) is 17.0. The maximum Gasteiger partial charge on any atom is 0.251 e. The van der Waals surface area contributed by atoms with Gasteiger partial charge in [-0.25, -0.2) is 4.98 Å². The van der Waals surface area contributed by atoms with Gasteiger partial charge in [0.1, 0.15) is 17.6 Å². The molecular weight excluding hydrogens is 558 g/mol. The number of benzene rings is 1. The largest absolute Gasteiger partial charge is 0.491 e. The number of fused-ring (bicyclic) bond motifs is 2. The molecule has 11 heteroatoms. The van der Waals surface area contributed by atoms with Crippen molar-refractivity contribution in [2.24, 2.45) is 0 Å². The van der Waals surface area contributed by atoms with E-state index in [1.165, 1.54) is 12.8 Å². The van der Waals surface area contributed by atoms with Gasteiger partial charge >= 0.3 is 0 Å². The maximum absolute atomic E-state index is 13.3. The minimum Gasteiger partial charge on any atom is -0.491 e. The van der Waals surface area contributed by atoms with E-state index in [9.17, 15) is 14.7 Å². The van der Waals surface area contributed by atoms with E-state index in [1.54, 1.807) is 11.1 Å². The summed E-state index contributed by atoms with van der Waals surface area (Å²) in [6.07, 6.45) is 7.11. The summed E-state index contributed by atoms with van der Waals surface area (Å²) in [4.78, 5) is 40.0. The van der Waals surface area contributed by atoms with Crippen LogP contribution in [0.2, 0.25) is 0 Å². The standard InChI is InChI=1S/C33H47N7O4/c1-5-27-33(43)38(4)28-19-34-31(21(2)29(28)40(27)22-8-6-7-9-22)36-26-11-10-25(24-12-17-44-30(24)26)32(42)35-18-23(41)20-39-15-13-37(3)14-16-39/h10-11,19,22-23,27,41H,5-9,12-18,20H2,1-4H3,(H,34,36)(H,35,42)/t23-,27?/m0/s1. The number of pyridine rings is 1. The molecule has 2 amide bonds. The van der Waals surface area contributed by atoms with Crippen molar-refractivity contribution >= 4 is 34.7 Å². The monoisotopic (exact) mass is 605 g/mol. The Hall–Kier alpha value is -3.41. The molecule has 0 radical (unpaired) electrons. The first-order valence-corrected chi connectivity index (χ1v) is 16.2. The quantitative estimate of drug-likeness (QED) is 0.397. The lowest BCUT2D eigenvalue weighted by molar-refractivity contribution is -0.120. The van der Waals surface area contributed by atoms with E-state index in [0.717, 1.165) is 73.6 Å². The van der Waals surface area contributed by atoms with Crippen LogP contribution in [0.3, 0.4) is 0 Å². The predicted molar refractivity (Wildman–Crippen MR) is 172 cm³/mol. The summed E-state index contributed by atoms with van der Waals surface area (Å²) in [5.74, 6) is 1.30. The van der Waals surface area contributed by atoms with Crippen LogP contribution in [-0.2, 0) is 11.2 Å². The molecule has 2 fully saturated rings. The van der Waals surface area contributed by atoms with Crippen LogP contribution in [0.1, 0.15) is 60.5 Å². The highest BCUT2D eigenvalue weighted by Gasteiger charge is 2.41. The Kier molecular flexibility index (Phi) is 8.98. The van der Waals surface area contributed by atoms with Gasteiger partial charge in [-0.3, -0.25) is 14.5 Å². The topological polar surface area (TPSA) is 114 Å². The number of ether oxygens (including phenoxy) is 1. The van der Waals surface area contributed by atoms with Crippen LogP contribution in [0.15, 0.2) is 18.3 Å². The van der Waals surface area contributed by atoms with Crippen LogP contribution < -0.4 is 25.2 Å². The highest BCUT2D eigenvalue weighted by Crippen LogP contribution is 2.45. The lowest BCUT2D eigenvalue weighted by Gasteiger charge is -2.45. The Labute approximate surface area is 260 Å². The zero-order valence-electron chi connectivity index (χ0n) is 26.6. The molecule has 1 aliphatic carbocycles. The third-order valence-electron chi connectivity index (χ3n) is 9.86. The molecule has 11 nitrogen and oxygen atoms in total. The predicted octanol–water partition coefficient (Wildman–Crippen LogP) is 2.91. The molecule has 1 unspecified atom stereocenters. The summed E-state index contributed by atoms with van der Waals surface area (Å²) in [6.45, 7) is 9.23. The average Bonchev–Trinajstić information content (AvgIpc) is 3.73. The van der Waals surface area contributed by atoms with Gasteiger partial charge in [0.25, 0.3) is 5.91 Å². The molecule has 4 aliphatic rings. The van der Waals surface area contributed by atoms with E-state index < -0.39 is 6.10 Å². The zero-order chi connectivity index (χ0) is 31.0. The van der Waals surface area contributed by atoms with Crippen molar-refractivity contribution in [1.29, 1.82) is 0 Å². The Morgan fingerprint density at radius 1 is 1.16 bits per heavy atom. The van der Waals surface area contributed by atoms with Crippen LogP contribution in [0, 0.1) is 6.92 Å². The van der Waals surface area contributed by atoms with E-state index in [4.69, 9.17) is 9.72 Å². The van der Waals surface area contributed by atoms with Crippen molar-refractivity contribution in [2.45, 2.75) is 70.6 Å². The van der Waals surface area contributed by atoms with Gasteiger partial charge in [-0.15, -0.1) is 0 Å². The first-order chi connectivity index (χ1) is 21.3. The molecule has 44 heavy (non-hydrogen) atoms. The molecule has 6 rings (SSSR count). The van der Waals surface area contributed by atoms with Crippen LogP contribution in [0.5, 0.6) is 5.75 Å². The first kappa shape index (κ1) is 30.6. The van der Waals surface area contributed by atoms with Crippen LogP contribution in [0.4, 0.5) is 22.9 Å². The van der Waals surface area contributed by atoms with Crippen molar-refractivity contribution in [3.8, 4) is 5.75 Å². The minimum absolute atomic E-state index is 0.126. The molecule has 1 aromatic heterocycles. The molecule has 2 atom stereocenters. The second-order valence-electron chi connectivity index (χ2n) is 12.8. The summed E-state index contributed by atoms with van der Waals surface area (Å²) in [5.41, 5.74) is 5.11. The number of β-amino-alcohol motifs (C(OH)–C–C–N with tert-alkyl or cyclic N) is 1. The number of carbonyl (C=O) groups is 2. The van der Waals surface area contributed by atoms with E-state index in [0.29, 0.717) is 42.7 Å². The van der Waals surface area contributed by atoms with Gasteiger partial charge in [0, 0.05) is 75.5 Å². The minimum atomic E-state index is -0.629. The fourth-order valence-electron chi connectivity index (χ4n) is 7.33. The Morgan fingerprint density at radius 3 is 2.64 bits per heavy atom. The van der Waals surface area contributed by atoms with Gasteiger partial charge < -0.3 is 35.2 Å². The number of aliphatic hydroxyl groups is 1. The van der Waals surface area contributed by atoms with E-state index in [2.05, 4.69) is 46.2 Å². The molecule has 1 aromatic carbocycles. The third-order valence-corrected chi connectivity index (χ3v) is 9.86. The Morgan fingerprint density at radius 2 is 1.91 bits per heavy atom. The van der Waals surface area contributed by atoms with Crippen LogP contribution in [0.25, 0.3) is 0 Å². The third kappa shape index (κ3) is 5.84. The van der Waals surface area contributed by atoms with Gasteiger partial charge in [-0.05, 0) is 45.4 Å². The number of rotatable bonds is 9. The number of hydrogen-bond donors (Lipinski definition) is 3. The number of likely N-dealkylation sites (N-methyl/N-ethyl adjacent to an activating group) is 2. The van der Waals surface area contributed by atoms with Gasteiger partial charge in [0.2, 0.25) is 5.91 Å². The normalized spacial score (nSPS) is 21.7. The first-order valence-electron chi connectivity index (χ1n) is 16.2. The number of anilines is 4. The molecule has 1 saturated heterocycles. The molecule has 0 spiro atoms. The van der Waals surface area contributed by atoms with Crippen molar-refractivity contribution in [3.63, 3.8) is 0 Å². The van der Waals surface area contributed by atoms with Gasteiger partial charge in [0.05, 0.1) is 36.0 Å². The number of aliphatic hydroxyl groups excluding tert-OH is 1. The number of nitrogens with one attached hydrogen (secondary N) is 2. The van der Waals surface area contributed by atoms with Gasteiger partial charge in [0.15, 0.2) is 0 Å². The Bertz CT molecular complexity index is 1390. The Balaban J connectivity index is 1.20. The van der Waals surface area contributed by atoms with E-state index >= 15 is 0 Å². The number of nitrogens with zero attached hydrogens (tertiary/aromatic N) is 5. The fraction of sp³-hybridized carbons (Fsp3) is 0.606. The van der Waals surface area contributed by atoms with Crippen molar-refractivity contribution in [1.82, 2.24) is 20.1 Å². The smallest absolute Gasteiger partial charge is 0.251 e. The molecular formula is C33H47N7O4. The van der Waals surface area contributed by atoms with Gasteiger partial charge in [-0.2, -0.15) is 0 Å². The fourth-order valence-corrected chi connectivity index (χ4v) is 7.33. The van der Waals surface area contributed by atoms with Gasteiger partial charge in [-0.1, -0.05) is 19.8 Å². The number of aromatic nitrogens is 1. The van der Waals surface area contributed by atoms with E-state index in [-0.39, 0.29) is 24.4 Å². The van der Waals surface area contributed by atoms with Crippen molar-refractivity contribution < 1.29 is 19.4 Å². The second-order valence-corrected chi connectivity index (χ2v) is 12.8.